The van der Waals surface area contributed by atoms with Gasteiger partial charge in [-0.1, -0.05) is 36.4 Å². The van der Waals surface area contributed by atoms with Crippen molar-refractivity contribution in [1.82, 2.24) is 0 Å². The van der Waals surface area contributed by atoms with Crippen LogP contribution in [0.5, 0.6) is 34.5 Å². The van der Waals surface area contributed by atoms with Crippen molar-refractivity contribution >= 4 is 0 Å². The molecule has 0 aromatic heterocycles. The van der Waals surface area contributed by atoms with Gasteiger partial charge in [0.2, 0.25) is 20.4 Å². The summed E-state index contributed by atoms with van der Waals surface area (Å²) in [7, 11) is 0. The van der Waals surface area contributed by atoms with Gasteiger partial charge in [0.25, 0.3) is 0 Å². The first-order valence-corrected chi connectivity index (χ1v) is 17.6. The quantitative estimate of drug-likeness (QED) is 0.151. The molecule has 0 amide bonds. The Morgan fingerprint density at radius 2 is 0.379 bits per heavy atom. The van der Waals surface area contributed by atoms with Crippen molar-refractivity contribution in [2.24, 2.45) is 0 Å². The summed E-state index contributed by atoms with van der Waals surface area (Å²) >= 11 is 0. The molecule has 58 heavy (non-hydrogen) atoms. The van der Waals surface area contributed by atoms with E-state index in [0.29, 0.717) is 0 Å². The Balaban J connectivity index is 0.00000129. The Morgan fingerprint density at radius 1 is 0.224 bits per heavy atom. The van der Waals surface area contributed by atoms with Crippen LogP contribution < -0.4 is 103 Å². The third kappa shape index (κ3) is 10.7. The number of halogens is 6. The molecule has 308 valence electrons. The zero-order valence-corrected chi connectivity index (χ0v) is 37.4. The van der Waals surface area contributed by atoms with Gasteiger partial charge in [0.05, 0.1) is 0 Å². The second kappa shape index (κ2) is 21.8. The molecule has 18 bridgehead atoms. The maximum absolute atomic E-state index is 6.27. The van der Waals surface area contributed by atoms with Gasteiger partial charge in [-0.25, -0.2) is 0 Å². The monoisotopic (exact) mass is 1010 g/mol. The summed E-state index contributed by atoms with van der Waals surface area (Å²) in [5, 5.41) is 0. The molecule has 14 aliphatic rings. The van der Waals surface area contributed by atoms with Crippen molar-refractivity contribution in [3.63, 3.8) is 0 Å². The molecule has 2 aliphatic carbocycles. The van der Waals surface area contributed by atoms with E-state index in [9.17, 15) is 0 Å². The van der Waals surface area contributed by atoms with Crippen LogP contribution in [-0.4, -0.2) is 20.4 Å². The van der Waals surface area contributed by atoms with Crippen LogP contribution in [-0.2, 0) is 38.5 Å². The van der Waals surface area contributed by atoms with E-state index in [2.05, 4.69) is 109 Å². The van der Waals surface area contributed by atoms with Gasteiger partial charge in [0, 0.05) is 48.9 Å². The van der Waals surface area contributed by atoms with E-state index in [4.69, 9.17) is 28.4 Å². The molecular weight excluding hydrogens is 978 g/mol. The Hall–Kier alpha value is -2.57. The van der Waals surface area contributed by atoms with E-state index in [1.807, 2.05) is 0 Å². The van der Waals surface area contributed by atoms with Crippen LogP contribution in [0.3, 0.4) is 0 Å². The zero-order chi connectivity index (χ0) is 33.7. The fourth-order valence-corrected chi connectivity index (χ4v) is 7.90. The molecule has 13 heteroatoms. The maximum Gasteiger partial charge on any atom is 0.230 e. The first-order valence-electron chi connectivity index (χ1n) is 17.6. The predicted molar refractivity (Wildman–Crippen MR) is 194 cm³/mol. The predicted octanol–water partition coefficient (Wildman–Crippen LogP) is -9.25. The van der Waals surface area contributed by atoms with Crippen LogP contribution in [0, 0.1) is 48.9 Å². The van der Waals surface area contributed by atoms with Crippen molar-refractivity contribution in [2.75, 3.05) is 20.4 Å². The van der Waals surface area contributed by atoms with E-state index in [0.717, 1.165) is 73.0 Å². The summed E-state index contributed by atoms with van der Waals surface area (Å²) in [6, 6.07) is 38.4. The van der Waals surface area contributed by atoms with Crippen LogP contribution in [0.1, 0.15) is 66.8 Å². The fourth-order valence-electron chi connectivity index (χ4n) is 7.90. The van der Waals surface area contributed by atoms with Crippen LogP contribution in [0.2, 0.25) is 0 Å². The average Bonchev–Trinajstić information content (AvgIpc) is 3.24. The molecule has 0 unspecified atom stereocenters. The molecule has 6 aromatic rings. The maximum atomic E-state index is 6.27. The minimum absolute atomic E-state index is 0. The molecule has 12 heterocycles. The van der Waals surface area contributed by atoms with Crippen LogP contribution in [0.4, 0.5) is 0 Å². The molecule has 0 fully saturated rings. The van der Waals surface area contributed by atoms with Gasteiger partial charge in [0.15, 0.2) is 0 Å². The second-order valence-corrected chi connectivity index (χ2v) is 13.9. The standard InChI is InChI=1S/C45H36O6.6ClH.Xe/c1-7-40-19-34-14-29-2-8-43-21-36(29)15-30-3-9-41(20-35(30)13-28(1)34)48-26-49-44-11-5-32-16-37-22-42(47-25-46-40)10-4-31(37)17-38-24-45(51-27-50-43)12-6-33(38)18-39(32)23-44;;;;;;;/h1-12,19-24H,13-18,25-27H2;6*1H;/p-6/i;;;;;;;1-2. The summed E-state index contributed by atoms with van der Waals surface area (Å²) in [4.78, 5) is 0. The molecule has 0 spiro atoms. The van der Waals surface area contributed by atoms with E-state index in [-0.39, 0.29) is 144 Å². The number of ether oxygens (including phenoxy) is 6. The van der Waals surface area contributed by atoms with E-state index < -0.39 is 0 Å². The smallest absolute Gasteiger partial charge is 0.230 e. The van der Waals surface area contributed by atoms with Gasteiger partial charge in [-0.2, -0.15) is 0 Å². The van der Waals surface area contributed by atoms with Crippen molar-refractivity contribution < 1.29 is 152 Å². The second-order valence-electron chi connectivity index (χ2n) is 13.9. The minimum Gasteiger partial charge on any atom is -1.00 e. The number of rotatable bonds is 0. The zero-order valence-electron chi connectivity index (χ0n) is 30.8. The number of hydrogen-bond acceptors (Lipinski definition) is 6. The van der Waals surface area contributed by atoms with Crippen LogP contribution in [0.15, 0.2) is 109 Å². The molecule has 0 saturated carbocycles. The molecule has 0 radical (unpaired) electrons. The van der Waals surface area contributed by atoms with E-state index in [1.54, 1.807) is 0 Å². The summed E-state index contributed by atoms with van der Waals surface area (Å²) in [5.74, 6) is 4.70. The topological polar surface area (TPSA) is 55.4 Å². The van der Waals surface area contributed by atoms with Gasteiger partial charge in [0.1, 0.15) is 34.5 Å². The summed E-state index contributed by atoms with van der Waals surface area (Å²) in [6.07, 6.45) is 4.61. The first kappa shape index (κ1) is 49.8. The number of hydrogen-bond donors (Lipinski definition) is 0. The van der Waals surface area contributed by atoms with Gasteiger partial charge in [-0.3, -0.25) is 0 Å². The van der Waals surface area contributed by atoms with Crippen molar-refractivity contribution in [3.8, 4) is 34.5 Å². The molecule has 6 nitrogen and oxygen atoms in total. The van der Waals surface area contributed by atoms with Crippen molar-refractivity contribution in [1.29, 1.82) is 0 Å². The fraction of sp³-hybridized carbons (Fsp3) is 0.200. The summed E-state index contributed by atoms with van der Waals surface area (Å²) in [5.41, 5.74) is 14.8. The Bertz CT molecular complexity index is 1940. The molecule has 0 N–H and O–H groups in total. The Kier molecular flexibility index (Phi) is 18.7. The van der Waals surface area contributed by atoms with Gasteiger partial charge >= 0.3 is 0 Å². The van der Waals surface area contributed by atoms with E-state index >= 15 is 0 Å². The van der Waals surface area contributed by atoms with Gasteiger partial charge in [-0.05, 0) is 178 Å². The molecule has 6 aromatic carbocycles. The van der Waals surface area contributed by atoms with E-state index in [1.165, 1.54) is 66.8 Å². The van der Waals surface area contributed by atoms with Gasteiger partial charge < -0.3 is 103 Å². The molecule has 20 rings (SSSR count). The molecule has 0 saturated heterocycles. The first-order chi connectivity index (χ1) is 25.1. The molecule has 0 atom stereocenters. The summed E-state index contributed by atoms with van der Waals surface area (Å²) < 4.78 is 37.6. The van der Waals surface area contributed by atoms with Crippen molar-refractivity contribution in [2.45, 2.75) is 38.5 Å². The normalized spacial score (nSPS) is 13.4. The number of benzene rings is 6. The Morgan fingerprint density at radius 3 is 0.534 bits per heavy atom. The SMILES string of the molecule is [129Xe].[Cl-].[Cl-].[Cl-].[Cl-].[Cl-].[Cl-].c1cc2c3cc1OCOc1ccc4c(c1)Cc1ccc5cc1Cc1ccc(cc1C4)OCOc1ccc(c(c1)Cc1ccc(cc1C2)OCO5)C3. The Labute approximate surface area is 416 Å². The largest absolute Gasteiger partial charge is 1.00 e. The third-order valence-electron chi connectivity index (χ3n) is 10.7. The summed E-state index contributed by atoms with van der Waals surface area (Å²) in [6.45, 7) is 0.331. The van der Waals surface area contributed by atoms with Crippen molar-refractivity contribution in [3.05, 3.63) is 176 Å². The third-order valence-corrected chi connectivity index (χ3v) is 10.7. The van der Waals surface area contributed by atoms with Gasteiger partial charge in [-0.15, -0.1) is 0 Å². The minimum atomic E-state index is 0. The van der Waals surface area contributed by atoms with Crippen LogP contribution in [0.25, 0.3) is 0 Å². The average molecular weight is 1010 g/mol. The van der Waals surface area contributed by atoms with Crippen LogP contribution >= 0.6 is 0 Å². The molecule has 12 aliphatic heterocycles. The molecular formula is C45H36Cl6O6Xe-6.